The smallest absolute Gasteiger partial charge is 0.324 e. The van der Waals surface area contributed by atoms with Crippen LogP contribution in [-0.4, -0.2) is 49.2 Å². The maximum atomic E-state index is 11.9. The summed E-state index contributed by atoms with van der Waals surface area (Å²) in [6.45, 7) is 7.33. The molecule has 1 aliphatic carbocycles. The fraction of sp³-hybridized carbons (Fsp3) is 0.929. The summed E-state index contributed by atoms with van der Waals surface area (Å²) in [6.07, 6.45) is 5.08. The van der Waals surface area contributed by atoms with Crippen LogP contribution in [0.2, 0.25) is 0 Å². The third-order valence-corrected chi connectivity index (χ3v) is 4.15. The highest BCUT2D eigenvalue weighted by molar-refractivity contribution is 5.76. The van der Waals surface area contributed by atoms with Crippen molar-refractivity contribution in [2.45, 2.75) is 51.6 Å². The average Bonchev–Trinajstić information content (AvgIpc) is 2.96. The SMILES string of the molecule is CCCNC(CN1CC2CCC1C2)C(=O)OCC. The minimum absolute atomic E-state index is 0.0891. The lowest BCUT2D eigenvalue weighted by Crippen LogP contribution is -2.49. The molecule has 3 unspecified atom stereocenters. The van der Waals surface area contributed by atoms with E-state index in [0.717, 1.165) is 31.5 Å². The van der Waals surface area contributed by atoms with E-state index >= 15 is 0 Å². The van der Waals surface area contributed by atoms with E-state index in [1.165, 1.54) is 25.8 Å². The first-order valence-electron chi connectivity index (χ1n) is 7.38. The number of piperidine rings is 1. The molecular weight excluding hydrogens is 228 g/mol. The first-order chi connectivity index (χ1) is 8.74. The number of hydrogen-bond acceptors (Lipinski definition) is 4. The molecule has 0 aromatic rings. The van der Waals surface area contributed by atoms with Gasteiger partial charge in [0.25, 0.3) is 0 Å². The van der Waals surface area contributed by atoms with Gasteiger partial charge in [0, 0.05) is 19.1 Å². The molecule has 0 aromatic heterocycles. The van der Waals surface area contributed by atoms with Gasteiger partial charge in [-0.1, -0.05) is 6.92 Å². The summed E-state index contributed by atoms with van der Waals surface area (Å²) in [5.41, 5.74) is 0. The zero-order chi connectivity index (χ0) is 13.0. The molecule has 104 valence electrons. The lowest BCUT2D eigenvalue weighted by atomic mass is 10.1. The van der Waals surface area contributed by atoms with Gasteiger partial charge in [-0.25, -0.2) is 0 Å². The molecule has 2 rings (SSSR count). The summed E-state index contributed by atoms with van der Waals surface area (Å²) in [7, 11) is 0. The lowest BCUT2D eigenvalue weighted by molar-refractivity contribution is -0.146. The molecule has 2 bridgehead atoms. The molecule has 2 fully saturated rings. The molecule has 1 aliphatic heterocycles. The van der Waals surface area contributed by atoms with Crippen molar-refractivity contribution in [3.8, 4) is 0 Å². The maximum absolute atomic E-state index is 11.9. The number of nitrogens with one attached hydrogen (secondary N) is 1. The predicted octanol–water partition coefficient (Wildman–Crippen LogP) is 1.40. The van der Waals surface area contributed by atoms with Crippen LogP contribution in [0, 0.1) is 5.92 Å². The number of rotatable bonds is 7. The van der Waals surface area contributed by atoms with Gasteiger partial charge < -0.3 is 10.1 Å². The highest BCUT2D eigenvalue weighted by Crippen LogP contribution is 2.37. The maximum Gasteiger partial charge on any atom is 0.324 e. The molecule has 4 nitrogen and oxygen atoms in total. The molecule has 2 aliphatic rings. The number of hydrogen-bond donors (Lipinski definition) is 1. The predicted molar refractivity (Wildman–Crippen MR) is 71.4 cm³/mol. The average molecular weight is 254 g/mol. The van der Waals surface area contributed by atoms with E-state index in [-0.39, 0.29) is 12.0 Å². The normalized spacial score (nSPS) is 28.6. The van der Waals surface area contributed by atoms with Crippen molar-refractivity contribution < 1.29 is 9.53 Å². The summed E-state index contributed by atoms with van der Waals surface area (Å²) in [4.78, 5) is 14.4. The molecule has 0 amide bonds. The van der Waals surface area contributed by atoms with Crippen molar-refractivity contribution in [3.05, 3.63) is 0 Å². The Labute approximate surface area is 110 Å². The number of carbonyl (C=O) groups excluding carboxylic acids is 1. The van der Waals surface area contributed by atoms with Gasteiger partial charge in [-0.05, 0) is 45.1 Å². The van der Waals surface area contributed by atoms with Crippen molar-refractivity contribution in [2.24, 2.45) is 5.92 Å². The van der Waals surface area contributed by atoms with Crippen molar-refractivity contribution in [3.63, 3.8) is 0 Å². The third kappa shape index (κ3) is 3.23. The van der Waals surface area contributed by atoms with Crippen molar-refractivity contribution >= 4 is 5.97 Å². The van der Waals surface area contributed by atoms with Gasteiger partial charge >= 0.3 is 5.97 Å². The van der Waals surface area contributed by atoms with E-state index in [0.29, 0.717) is 6.61 Å². The lowest BCUT2D eigenvalue weighted by Gasteiger charge is -2.30. The molecule has 0 spiro atoms. The Morgan fingerprint density at radius 1 is 1.44 bits per heavy atom. The number of likely N-dealkylation sites (tertiary alicyclic amines) is 1. The van der Waals surface area contributed by atoms with E-state index in [4.69, 9.17) is 4.74 Å². The minimum atomic E-state index is -0.149. The van der Waals surface area contributed by atoms with Gasteiger partial charge in [0.05, 0.1) is 6.61 Å². The molecule has 1 saturated heterocycles. The highest BCUT2D eigenvalue weighted by Gasteiger charge is 2.39. The number of fused-ring (bicyclic) bond motifs is 2. The molecule has 1 saturated carbocycles. The number of nitrogens with zero attached hydrogens (tertiary/aromatic N) is 1. The van der Waals surface area contributed by atoms with Crippen molar-refractivity contribution in [1.82, 2.24) is 10.2 Å². The topological polar surface area (TPSA) is 41.6 Å². The van der Waals surface area contributed by atoms with Crippen molar-refractivity contribution in [2.75, 3.05) is 26.2 Å². The van der Waals surface area contributed by atoms with Crippen LogP contribution in [-0.2, 0) is 9.53 Å². The Morgan fingerprint density at radius 2 is 2.28 bits per heavy atom. The molecular formula is C14H26N2O2. The van der Waals surface area contributed by atoms with E-state index in [9.17, 15) is 4.79 Å². The Hall–Kier alpha value is -0.610. The van der Waals surface area contributed by atoms with Crippen molar-refractivity contribution in [1.29, 1.82) is 0 Å². The van der Waals surface area contributed by atoms with Crippen LogP contribution >= 0.6 is 0 Å². The number of esters is 1. The van der Waals surface area contributed by atoms with E-state index in [2.05, 4.69) is 17.1 Å². The van der Waals surface area contributed by atoms with Crippen LogP contribution in [0.5, 0.6) is 0 Å². The fourth-order valence-electron chi connectivity index (χ4n) is 3.27. The van der Waals surface area contributed by atoms with Gasteiger partial charge in [0.15, 0.2) is 0 Å². The molecule has 0 aromatic carbocycles. The van der Waals surface area contributed by atoms with Gasteiger partial charge in [-0.2, -0.15) is 0 Å². The number of ether oxygens (including phenoxy) is 1. The van der Waals surface area contributed by atoms with Gasteiger partial charge in [0.1, 0.15) is 6.04 Å². The largest absolute Gasteiger partial charge is 0.465 e. The quantitative estimate of drug-likeness (QED) is 0.697. The summed E-state index contributed by atoms with van der Waals surface area (Å²) >= 11 is 0. The molecule has 4 heteroatoms. The molecule has 3 atom stereocenters. The molecule has 0 radical (unpaired) electrons. The summed E-state index contributed by atoms with van der Waals surface area (Å²) in [5.74, 6) is 0.790. The van der Waals surface area contributed by atoms with Crippen LogP contribution < -0.4 is 5.32 Å². The first kappa shape index (κ1) is 13.8. The second-order valence-corrected chi connectivity index (χ2v) is 5.55. The Kier molecular flexibility index (Phi) is 5.01. The second-order valence-electron chi connectivity index (χ2n) is 5.55. The summed E-state index contributed by atoms with van der Waals surface area (Å²) in [5, 5.41) is 3.32. The van der Waals surface area contributed by atoms with Crippen LogP contribution in [0.25, 0.3) is 0 Å². The third-order valence-electron chi connectivity index (χ3n) is 4.15. The highest BCUT2D eigenvalue weighted by atomic mass is 16.5. The van der Waals surface area contributed by atoms with Gasteiger partial charge in [0.2, 0.25) is 0 Å². The van der Waals surface area contributed by atoms with Crippen LogP contribution in [0.15, 0.2) is 0 Å². The van der Waals surface area contributed by atoms with Gasteiger partial charge in [-0.15, -0.1) is 0 Å². The summed E-state index contributed by atoms with van der Waals surface area (Å²) in [6, 6.07) is 0.569. The molecule has 18 heavy (non-hydrogen) atoms. The Balaban J connectivity index is 1.86. The Bertz CT molecular complexity index is 283. The zero-order valence-electron chi connectivity index (χ0n) is 11.7. The van der Waals surface area contributed by atoms with Gasteiger partial charge in [-0.3, -0.25) is 9.69 Å². The minimum Gasteiger partial charge on any atom is -0.465 e. The van der Waals surface area contributed by atoms with E-state index < -0.39 is 0 Å². The fourth-order valence-corrected chi connectivity index (χ4v) is 3.27. The van der Waals surface area contributed by atoms with Crippen LogP contribution in [0.3, 0.4) is 0 Å². The zero-order valence-corrected chi connectivity index (χ0v) is 11.7. The number of carbonyl (C=O) groups is 1. The Morgan fingerprint density at radius 3 is 2.83 bits per heavy atom. The van der Waals surface area contributed by atoms with Crippen LogP contribution in [0.4, 0.5) is 0 Å². The molecule has 1 heterocycles. The second kappa shape index (κ2) is 6.53. The van der Waals surface area contributed by atoms with E-state index in [1.54, 1.807) is 0 Å². The van der Waals surface area contributed by atoms with E-state index in [1.807, 2.05) is 6.92 Å². The standard InChI is InChI=1S/C14H26N2O2/c1-3-7-15-13(14(17)18-4-2)10-16-9-11-5-6-12(16)8-11/h11-13,15H,3-10H2,1-2H3. The van der Waals surface area contributed by atoms with Crippen LogP contribution in [0.1, 0.15) is 39.5 Å². The molecule has 1 N–H and O–H groups in total. The first-order valence-corrected chi connectivity index (χ1v) is 7.38. The monoisotopic (exact) mass is 254 g/mol. The summed E-state index contributed by atoms with van der Waals surface area (Å²) < 4.78 is 5.16.